The summed E-state index contributed by atoms with van der Waals surface area (Å²) in [4.78, 5) is 5.01. The topological polar surface area (TPSA) is 59.3 Å². The standard InChI is InChI=1S/C25H34N6O/c1-5-25(2,3)31-24(26-27-28-31)23(21-13-9-10-14-22(21)32-4)30-17-15-29(16-18-30)19-20-11-7-6-8-12-20/h6-14,23H,5,15-19H2,1-4H3/t23-/m1/s1. The average molecular weight is 435 g/mol. The Hall–Kier alpha value is -2.77. The van der Waals surface area contributed by atoms with Crippen molar-refractivity contribution in [2.45, 2.75) is 45.3 Å². The van der Waals surface area contributed by atoms with Gasteiger partial charge in [0.05, 0.1) is 12.6 Å². The van der Waals surface area contributed by atoms with E-state index >= 15 is 0 Å². The van der Waals surface area contributed by atoms with E-state index < -0.39 is 0 Å². The molecule has 170 valence electrons. The van der Waals surface area contributed by atoms with Gasteiger partial charge in [-0.2, -0.15) is 0 Å². The Morgan fingerprint density at radius 2 is 1.66 bits per heavy atom. The zero-order valence-electron chi connectivity index (χ0n) is 19.6. The number of piperazine rings is 1. The molecule has 0 spiro atoms. The molecule has 0 N–H and O–H groups in total. The molecule has 3 aromatic rings. The first kappa shape index (κ1) is 22.4. The molecular formula is C25H34N6O. The fourth-order valence-electron chi connectivity index (χ4n) is 4.36. The van der Waals surface area contributed by atoms with Crippen molar-refractivity contribution in [1.29, 1.82) is 0 Å². The Kier molecular flexibility index (Phi) is 6.86. The van der Waals surface area contributed by atoms with Crippen LogP contribution in [0.4, 0.5) is 0 Å². The van der Waals surface area contributed by atoms with Gasteiger partial charge in [-0.05, 0) is 42.3 Å². The van der Waals surface area contributed by atoms with Gasteiger partial charge < -0.3 is 4.74 Å². The van der Waals surface area contributed by atoms with Crippen molar-refractivity contribution in [3.8, 4) is 5.75 Å². The number of ether oxygens (including phenoxy) is 1. The number of hydrogen-bond donors (Lipinski definition) is 0. The van der Waals surface area contributed by atoms with E-state index in [0.29, 0.717) is 0 Å². The molecule has 0 saturated carbocycles. The molecule has 0 bridgehead atoms. The molecular weight excluding hydrogens is 400 g/mol. The summed E-state index contributed by atoms with van der Waals surface area (Å²) in [7, 11) is 1.73. The molecule has 2 aromatic carbocycles. The maximum absolute atomic E-state index is 5.75. The smallest absolute Gasteiger partial charge is 0.173 e. The van der Waals surface area contributed by atoms with Crippen LogP contribution in [0.5, 0.6) is 5.75 Å². The van der Waals surface area contributed by atoms with Crippen molar-refractivity contribution < 1.29 is 4.74 Å². The predicted octanol–water partition coefficient (Wildman–Crippen LogP) is 3.73. The van der Waals surface area contributed by atoms with Crippen LogP contribution in [-0.2, 0) is 12.1 Å². The molecule has 1 fully saturated rings. The van der Waals surface area contributed by atoms with E-state index in [-0.39, 0.29) is 11.6 Å². The third-order valence-corrected chi connectivity index (χ3v) is 6.63. The van der Waals surface area contributed by atoms with E-state index in [2.05, 4.69) is 88.6 Å². The summed E-state index contributed by atoms with van der Waals surface area (Å²) in [6.07, 6.45) is 0.939. The van der Waals surface area contributed by atoms with Crippen molar-refractivity contribution in [3.05, 3.63) is 71.5 Å². The molecule has 4 rings (SSSR count). The number of hydrogen-bond acceptors (Lipinski definition) is 6. The lowest BCUT2D eigenvalue weighted by molar-refractivity contribution is 0.0963. The van der Waals surface area contributed by atoms with Crippen LogP contribution in [0.25, 0.3) is 0 Å². The molecule has 0 radical (unpaired) electrons. The van der Waals surface area contributed by atoms with Gasteiger partial charge in [0.25, 0.3) is 0 Å². The number of nitrogens with zero attached hydrogens (tertiary/aromatic N) is 6. The molecule has 2 heterocycles. The van der Waals surface area contributed by atoms with Crippen molar-refractivity contribution in [2.75, 3.05) is 33.3 Å². The molecule has 1 aliphatic rings. The summed E-state index contributed by atoms with van der Waals surface area (Å²) in [5.41, 5.74) is 2.29. The highest BCUT2D eigenvalue weighted by molar-refractivity contribution is 5.39. The summed E-state index contributed by atoms with van der Waals surface area (Å²) < 4.78 is 7.75. The van der Waals surface area contributed by atoms with Gasteiger partial charge in [-0.15, -0.1) is 5.10 Å². The lowest BCUT2D eigenvalue weighted by atomic mass is 9.98. The van der Waals surface area contributed by atoms with Gasteiger partial charge in [-0.3, -0.25) is 9.80 Å². The summed E-state index contributed by atoms with van der Waals surface area (Å²) in [5.74, 6) is 1.74. The van der Waals surface area contributed by atoms with Crippen LogP contribution in [0.2, 0.25) is 0 Å². The SMILES string of the molecule is CCC(C)(C)n1nnnc1[C@@H](c1ccccc1OC)N1CCN(Cc2ccccc2)CC1. The van der Waals surface area contributed by atoms with Crippen molar-refractivity contribution in [2.24, 2.45) is 0 Å². The van der Waals surface area contributed by atoms with Gasteiger partial charge >= 0.3 is 0 Å². The van der Waals surface area contributed by atoms with Crippen molar-refractivity contribution in [3.63, 3.8) is 0 Å². The fraction of sp³-hybridized carbons (Fsp3) is 0.480. The van der Waals surface area contributed by atoms with Gasteiger partial charge in [0.15, 0.2) is 5.82 Å². The average Bonchev–Trinajstić information content (AvgIpc) is 3.32. The number of benzene rings is 2. The lowest BCUT2D eigenvalue weighted by Crippen LogP contribution is -2.48. The second kappa shape index (κ2) is 9.79. The Morgan fingerprint density at radius 1 is 0.969 bits per heavy atom. The predicted molar refractivity (Wildman–Crippen MR) is 126 cm³/mol. The van der Waals surface area contributed by atoms with Gasteiger partial charge in [-0.1, -0.05) is 55.5 Å². The van der Waals surface area contributed by atoms with Crippen molar-refractivity contribution >= 4 is 0 Å². The maximum atomic E-state index is 5.75. The molecule has 7 heteroatoms. The van der Waals surface area contributed by atoms with E-state index in [1.54, 1.807) is 7.11 Å². The molecule has 7 nitrogen and oxygen atoms in total. The number of rotatable bonds is 8. The lowest BCUT2D eigenvalue weighted by Gasteiger charge is -2.40. The van der Waals surface area contributed by atoms with Crippen LogP contribution >= 0.6 is 0 Å². The minimum Gasteiger partial charge on any atom is -0.496 e. The summed E-state index contributed by atoms with van der Waals surface area (Å²) >= 11 is 0. The normalized spacial score (nSPS) is 16.8. The number of tetrazole rings is 1. The van der Waals surface area contributed by atoms with Crippen LogP contribution in [0.3, 0.4) is 0 Å². The minimum absolute atomic E-state index is 0.0640. The molecule has 1 atom stereocenters. The van der Waals surface area contributed by atoms with E-state index in [1.165, 1.54) is 5.56 Å². The second-order valence-corrected chi connectivity index (χ2v) is 9.06. The Labute approximate surface area is 191 Å². The Bertz CT molecular complexity index is 994. The van der Waals surface area contributed by atoms with Gasteiger partial charge in [-0.25, -0.2) is 4.68 Å². The van der Waals surface area contributed by atoms with E-state index in [0.717, 1.165) is 56.3 Å². The molecule has 0 unspecified atom stereocenters. The van der Waals surface area contributed by atoms with Gasteiger partial charge in [0, 0.05) is 38.3 Å². The first-order chi connectivity index (χ1) is 15.5. The first-order valence-corrected chi connectivity index (χ1v) is 11.5. The van der Waals surface area contributed by atoms with Crippen LogP contribution in [0.15, 0.2) is 54.6 Å². The summed E-state index contributed by atoms with van der Waals surface area (Å²) in [6.45, 7) is 11.4. The van der Waals surface area contributed by atoms with Gasteiger partial charge in [0.2, 0.25) is 0 Å². The fourth-order valence-corrected chi connectivity index (χ4v) is 4.36. The van der Waals surface area contributed by atoms with E-state index in [1.807, 2.05) is 16.8 Å². The number of aromatic nitrogens is 4. The highest BCUT2D eigenvalue weighted by Crippen LogP contribution is 2.36. The number of para-hydroxylation sites is 1. The molecule has 0 amide bonds. The third kappa shape index (κ3) is 4.69. The van der Waals surface area contributed by atoms with Crippen LogP contribution in [0, 0.1) is 0 Å². The Balaban J connectivity index is 1.63. The highest BCUT2D eigenvalue weighted by Gasteiger charge is 2.35. The maximum Gasteiger partial charge on any atom is 0.173 e. The van der Waals surface area contributed by atoms with E-state index in [9.17, 15) is 0 Å². The second-order valence-electron chi connectivity index (χ2n) is 9.06. The number of methoxy groups -OCH3 is 1. The Morgan fingerprint density at radius 3 is 2.34 bits per heavy atom. The first-order valence-electron chi connectivity index (χ1n) is 11.5. The molecule has 0 aliphatic carbocycles. The van der Waals surface area contributed by atoms with Crippen LogP contribution < -0.4 is 4.74 Å². The molecule has 32 heavy (non-hydrogen) atoms. The van der Waals surface area contributed by atoms with Crippen LogP contribution in [-0.4, -0.2) is 63.3 Å². The zero-order chi connectivity index (χ0) is 22.6. The highest BCUT2D eigenvalue weighted by atomic mass is 16.5. The summed E-state index contributed by atoms with van der Waals surface area (Å²) in [5, 5.41) is 13.0. The molecule has 1 aliphatic heterocycles. The molecule has 1 saturated heterocycles. The van der Waals surface area contributed by atoms with Crippen molar-refractivity contribution in [1.82, 2.24) is 30.0 Å². The third-order valence-electron chi connectivity index (χ3n) is 6.63. The largest absolute Gasteiger partial charge is 0.496 e. The minimum atomic E-state index is -0.172. The van der Waals surface area contributed by atoms with Gasteiger partial charge in [0.1, 0.15) is 11.8 Å². The van der Waals surface area contributed by atoms with E-state index in [4.69, 9.17) is 4.74 Å². The zero-order valence-corrected chi connectivity index (χ0v) is 19.6. The monoisotopic (exact) mass is 434 g/mol. The molecule has 1 aromatic heterocycles. The van der Waals surface area contributed by atoms with Crippen LogP contribution in [0.1, 0.15) is 50.2 Å². The quantitative estimate of drug-likeness (QED) is 0.538. The summed E-state index contributed by atoms with van der Waals surface area (Å²) in [6, 6.07) is 18.9.